The number of hydrogen-bond acceptors (Lipinski definition) is 2. The summed E-state index contributed by atoms with van der Waals surface area (Å²) in [6.07, 6.45) is 1.26. The lowest BCUT2D eigenvalue weighted by Crippen LogP contribution is -2.35. The average molecular weight is 271 g/mol. The van der Waals surface area contributed by atoms with Crippen LogP contribution in [0.25, 0.3) is 0 Å². The molecule has 0 unspecified atom stereocenters. The van der Waals surface area contributed by atoms with Gasteiger partial charge in [0.1, 0.15) is 5.69 Å². The minimum atomic E-state index is -2.50. The zero-order valence-corrected chi connectivity index (χ0v) is 11.0. The Morgan fingerprint density at radius 1 is 1.53 bits per heavy atom. The smallest absolute Gasteiger partial charge is 0.270 e. The van der Waals surface area contributed by atoms with E-state index >= 15 is 0 Å². The van der Waals surface area contributed by atoms with Crippen molar-refractivity contribution in [3.63, 3.8) is 0 Å². The second-order valence-electron chi connectivity index (χ2n) is 4.86. The van der Waals surface area contributed by atoms with Crippen LogP contribution < -0.4 is 5.32 Å². The number of carbonyl (C=O) groups excluding carboxylic acids is 1. The van der Waals surface area contributed by atoms with Gasteiger partial charge in [0.15, 0.2) is 0 Å². The molecule has 1 N–H and O–H groups in total. The van der Waals surface area contributed by atoms with Crippen LogP contribution in [0.3, 0.4) is 0 Å². The molecule has 0 atom stereocenters. The van der Waals surface area contributed by atoms with Crippen molar-refractivity contribution in [2.24, 2.45) is 0 Å². The van der Waals surface area contributed by atoms with Crippen molar-refractivity contribution >= 4 is 5.91 Å². The molecule has 19 heavy (non-hydrogen) atoms. The molecule has 1 aromatic rings. The number of nitrogens with zero attached hydrogens (tertiary/aromatic N) is 2. The summed E-state index contributed by atoms with van der Waals surface area (Å²) in [5, 5.41) is 3.27. The fraction of sp³-hybridized carbons (Fsp3) is 0.615. The maximum Gasteiger partial charge on any atom is 0.270 e. The summed E-state index contributed by atoms with van der Waals surface area (Å²) >= 11 is 0. The first-order valence-corrected chi connectivity index (χ1v) is 6.50. The van der Waals surface area contributed by atoms with Crippen LogP contribution in [0.15, 0.2) is 18.3 Å². The molecule has 0 aliphatic carbocycles. The Balaban J connectivity index is 2.11. The van der Waals surface area contributed by atoms with E-state index in [1.54, 1.807) is 12.1 Å². The van der Waals surface area contributed by atoms with Crippen molar-refractivity contribution in [3.05, 3.63) is 24.0 Å². The Morgan fingerprint density at radius 2 is 2.21 bits per heavy atom. The zero-order chi connectivity index (χ0) is 13.8. The van der Waals surface area contributed by atoms with E-state index in [1.165, 1.54) is 7.05 Å². The Hall–Kier alpha value is -1.43. The van der Waals surface area contributed by atoms with Gasteiger partial charge in [0.25, 0.3) is 12.3 Å². The van der Waals surface area contributed by atoms with Crippen molar-refractivity contribution in [1.29, 1.82) is 0 Å². The van der Waals surface area contributed by atoms with Crippen molar-refractivity contribution in [2.75, 3.05) is 26.7 Å². The molecule has 1 fully saturated rings. The van der Waals surface area contributed by atoms with Crippen LogP contribution in [0.4, 0.5) is 8.78 Å². The standard InChI is InChI=1S/C13H19F2N3O/c1-17(9-12(14)15)13(19)11-3-2-8-18(11)10-4-6-16-7-5-10/h2-3,8,10,12,16H,4-7,9H2,1H3. The lowest BCUT2D eigenvalue weighted by molar-refractivity contribution is 0.0608. The second-order valence-corrected chi connectivity index (χ2v) is 4.86. The number of amides is 1. The molecule has 1 saturated heterocycles. The molecule has 1 aromatic heterocycles. The van der Waals surface area contributed by atoms with Crippen molar-refractivity contribution < 1.29 is 13.6 Å². The maximum atomic E-state index is 12.3. The minimum Gasteiger partial charge on any atom is -0.340 e. The van der Waals surface area contributed by atoms with Gasteiger partial charge in [-0.1, -0.05) is 0 Å². The number of nitrogens with one attached hydrogen (secondary N) is 1. The maximum absolute atomic E-state index is 12.3. The largest absolute Gasteiger partial charge is 0.340 e. The summed E-state index contributed by atoms with van der Waals surface area (Å²) in [7, 11) is 1.41. The van der Waals surface area contributed by atoms with Gasteiger partial charge in [0, 0.05) is 19.3 Å². The molecule has 6 heteroatoms. The molecule has 4 nitrogen and oxygen atoms in total. The summed E-state index contributed by atoms with van der Waals surface area (Å²) in [5.41, 5.74) is 0.495. The van der Waals surface area contributed by atoms with Crippen LogP contribution in [0.2, 0.25) is 0 Å². The first kappa shape index (κ1) is 14.0. The van der Waals surface area contributed by atoms with E-state index in [9.17, 15) is 13.6 Å². The van der Waals surface area contributed by atoms with Gasteiger partial charge in [-0.3, -0.25) is 4.79 Å². The van der Waals surface area contributed by atoms with E-state index in [0.29, 0.717) is 5.69 Å². The first-order chi connectivity index (χ1) is 9.09. The summed E-state index contributed by atoms with van der Waals surface area (Å²) in [4.78, 5) is 13.2. The second kappa shape index (κ2) is 6.14. The number of carbonyl (C=O) groups is 1. The molecule has 0 spiro atoms. The highest BCUT2D eigenvalue weighted by atomic mass is 19.3. The SMILES string of the molecule is CN(CC(F)F)C(=O)c1cccn1C1CCNCC1. The molecular formula is C13H19F2N3O. The Kier molecular flexibility index (Phi) is 4.52. The molecular weight excluding hydrogens is 252 g/mol. The molecule has 2 rings (SSSR count). The third-order valence-electron chi connectivity index (χ3n) is 3.46. The van der Waals surface area contributed by atoms with Crippen molar-refractivity contribution in [2.45, 2.75) is 25.3 Å². The zero-order valence-electron chi connectivity index (χ0n) is 11.0. The highest BCUT2D eigenvalue weighted by Gasteiger charge is 2.23. The predicted octanol–water partition coefficient (Wildman–Crippen LogP) is 1.75. The summed E-state index contributed by atoms with van der Waals surface area (Å²) < 4.78 is 26.6. The first-order valence-electron chi connectivity index (χ1n) is 6.50. The van der Waals surface area contributed by atoms with Gasteiger partial charge in [-0.2, -0.15) is 0 Å². The molecule has 0 saturated carbocycles. The molecule has 1 amide bonds. The van der Waals surface area contributed by atoms with Crippen molar-refractivity contribution in [3.8, 4) is 0 Å². The fourth-order valence-corrected chi connectivity index (χ4v) is 2.46. The van der Waals surface area contributed by atoms with Gasteiger partial charge in [0.2, 0.25) is 0 Å². The molecule has 1 aliphatic rings. The Labute approximate surface area is 111 Å². The van der Waals surface area contributed by atoms with Crippen LogP contribution in [0.1, 0.15) is 29.4 Å². The van der Waals surface area contributed by atoms with Gasteiger partial charge in [-0.05, 0) is 38.1 Å². The summed E-state index contributed by atoms with van der Waals surface area (Å²) in [5.74, 6) is -0.344. The lowest BCUT2D eigenvalue weighted by Gasteiger charge is -2.27. The van der Waals surface area contributed by atoms with E-state index in [4.69, 9.17) is 0 Å². The summed E-state index contributed by atoms with van der Waals surface area (Å²) in [6, 6.07) is 3.77. The molecule has 2 heterocycles. The van der Waals surface area contributed by atoms with Gasteiger partial charge >= 0.3 is 0 Å². The number of rotatable bonds is 4. The Bertz CT molecular complexity index is 427. The Morgan fingerprint density at radius 3 is 2.84 bits per heavy atom. The topological polar surface area (TPSA) is 37.3 Å². The van der Waals surface area contributed by atoms with E-state index in [0.717, 1.165) is 30.8 Å². The van der Waals surface area contributed by atoms with E-state index < -0.39 is 13.0 Å². The third-order valence-corrected chi connectivity index (χ3v) is 3.46. The van der Waals surface area contributed by atoms with Crippen LogP contribution in [0, 0.1) is 0 Å². The van der Waals surface area contributed by atoms with E-state index in [2.05, 4.69) is 5.32 Å². The van der Waals surface area contributed by atoms with E-state index in [1.807, 2.05) is 10.8 Å². The van der Waals surface area contributed by atoms with Crippen LogP contribution in [0.5, 0.6) is 0 Å². The fourth-order valence-electron chi connectivity index (χ4n) is 2.46. The third kappa shape index (κ3) is 3.32. The molecule has 106 valence electrons. The van der Waals surface area contributed by atoms with Gasteiger partial charge in [-0.25, -0.2) is 8.78 Å². The highest BCUT2D eigenvalue weighted by Crippen LogP contribution is 2.22. The monoisotopic (exact) mass is 271 g/mol. The van der Waals surface area contributed by atoms with E-state index in [-0.39, 0.29) is 11.9 Å². The number of halogens is 2. The quantitative estimate of drug-likeness (QED) is 0.906. The molecule has 1 aliphatic heterocycles. The minimum absolute atomic E-state index is 0.273. The van der Waals surface area contributed by atoms with Gasteiger partial charge in [0.05, 0.1) is 6.54 Å². The highest BCUT2D eigenvalue weighted by molar-refractivity contribution is 5.92. The van der Waals surface area contributed by atoms with Crippen LogP contribution in [-0.4, -0.2) is 48.5 Å². The normalized spacial score (nSPS) is 16.8. The number of alkyl halides is 2. The lowest BCUT2D eigenvalue weighted by atomic mass is 10.1. The predicted molar refractivity (Wildman–Crippen MR) is 68.5 cm³/mol. The van der Waals surface area contributed by atoms with Gasteiger partial charge < -0.3 is 14.8 Å². The van der Waals surface area contributed by atoms with Gasteiger partial charge in [-0.15, -0.1) is 0 Å². The number of hydrogen-bond donors (Lipinski definition) is 1. The summed E-state index contributed by atoms with van der Waals surface area (Å²) in [6.45, 7) is 1.31. The number of piperidine rings is 1. The molecule has 0 radical (unpaired) electrons. The molecule has 0 aromatic carbocycles. The van der Waals surface area contributed by atoms with Crippen LogP contribution >= 0.6 is 0 Å². The average Bonchev–Trinajstić information content (AvgIpc) is 2.87. The van der Waals surface area contributed by atoms with Crippen LogP contribution in [-0.2, 0) is 0 Å². The number of aromatic nitrogens is 1. The van der Waals surface area contributed by atoms with Crippen molar-refractivity contribution in [1.82, 2.24) is 14.8 Å². The molecule has 0 bridgehead atoms.